The van der Waals surface area contributed by atoms with E-state index in [1.165, 1.54) is 30.3 Å². The van der Waals surface area contributed by atoms with Crippen molar-refractivity contribution in [2.75, 3.05) is 5.32 Å². The number of hydrogen-bond donors (Lipinski definition) is 1. The molecule has 3 rings (SSSR count). The Balaban J connectivity index is 2.09. The lowest BCUT2D eigenvalue weighted by molar-refractivity contribution is -0.384. The Bertz CT molecular complexity index is 1010. The van der Waals surface area contributed by atoms with Crippen molar-refractivity contribution in [3.63, 3.8) is 0 Å². The summed E-state index contributed by atoms with van der Waals surface area (Å²) in [5, 5.41) is 23.4. The predicted octanol–water partition coefficient (Wildman–Crippen LogP) is 3.54. The van der Waals surface area contributed by atoms with E-state index >= 15 is 0 Å². The topological polar surface area (TPSA) is 96.8 Å². The number of hydrogen-bond acceptors (Lipinski definition) is 5. The quantitative estimate of drug-likeness (QED) is 0.560. The number of nitro benzene ring substituents is 1. The van der Waals surface area contributed by atoms with E-state index < -0.39 is 16.8 Å². The molecule has 1 heterocycles. The summed E-state index contributed by atoms with van der Waals surface area (Å²) in [4.78, 5) is 15.1. The molecule has 0 radical (unpaired) electrons. The molecule has 0 aliphatic carbocycles. The van der Waals surface area contributed by atoms with Crippen molar-refractivity contribution >= 4 is 11.4 Å². The summed E-state index contributed by atoms with van der Waals surface area (Å²) >= 11 is 0. The molecule has 0 saturated heterocycles. The lowest BCUT2D eigenvalue weighted by atomic mass is 10.0. The molecular weight excluding hydrogens is 337 g/mol. The van der Waals surface area contributed by atoms with Gasteiger partial charge in [-0.1, -0.05) is 12.1 Å². The predicted molar refractivity (Wildman–Crippen MR) is 92.9 cm³/mol. The lowest BCUT2D eigenvalue weighted by Gasteiger charge is -2.20. The second kappa shape index (κ2) is 7.03. The van der Waals surface area contributed by atoms with Gasteiger partial charge in [0.25, 0.3) is 5.69 Å². The van der Waals surface area contributed by atoms with Crippen LogP contribution in [0, 0.1) is 27.3 Å². The van der Waals surface area contributed by atoms with Crippen LogP contribution in [0.4, 0.5) is 15.8 Å². The van der Waals surface area contributed by atoms with Gasteiger partial charge in [-0.2, -0.15) is 5.26 Å². The van der Waals surface area contributed by atoms with Crippen molar-refractivity contribution in [3.8, 4) is 6.07 Å². The lowest BCUT2D eigenvalue weighted by Crippen LogP contribution is -2.17. The number of nitriles is 1. The first-order valence-corrected chi connectivity index (χ1v) is 7.67. The van der Waals surface area contributed by atoms with Crippen LogP contribution < -0.4 is 5.32 Å². The Morgan fingerprint density at radius 2 is 2.15 bits per heavy atom. The van der Waals surface area contributed by atoms with Crippen LogP contribution in [0.3, 0.4) is 0 Å². The Hall–Kier alpha value is -3.73. The molecule has 1 atom stereocenters. The van der Waals surface area contributed by atoms with Crippen LogP contribution in [-0.2, 0) is 7.05 Å². The molecule has 2 aromatic carbocycles. The van der Waals surface area contributed by atoms with E-state index in [0.29, 0.717) is 11.4 Å². The van der Waals surface area contributed by atoms with Gasteiger partial charge in [0.15, 0.2) is 0 Å². The molecule has 8 heteroatoms. The molecule has 3 aromatic rings. The van der Waals surface area contributed by atoms with Crippen LogP contribution in [0.15, 0.2) is 54.9 Å². The molecule has 0 amide bonds. The molecule has 7 nitrogen and oxygen atoms in total. The van der Waals surface area contributed by atoms with Crippen LogP contribution in [0.2, 0.25) is 0 Å². The van der Waals surface area contributed by atoms with Crippen LogP contribution in [0.1, 0.15) is 23.0 Å². The Kier molecular flexibility index (Phi) is 4.62. The number of rotatable bonds is 5. The number of aryl methyl sites for hydroxylation is 1. The first-order valence-electron chi connectivity index (χ1n) is 7.67. The fourth-order valence-corrected chi connectivity index (χ4v) is 2.67. The van der Waals surface area contributed by atoms with E-state index in [-0.39, 0.29) is 16.9 Å². The number of benzene rings is 2. The zero-order valence-electron chi connectivity index (χ0n) is 13.8. The number of anilines is 1. The van der Waals surface area contributed by atoms with E-state index in [0.717, 1.165) is 0 Å². The smallest absolute Gasteiger partial charge is 0.293 e. The number of nitro groups is 1. The molecule has 0 spiro atoms. The summed E-state index contributed by atoms with van der Waals surface area (Å²) in [5.41, 5.74) is 0.727. The molecule has 0 unspecified atom stereocenters. The van der Waals surface area contributed by atoms with E-state index in [1.54, 1.807) is 36.1 Å². The standard InChI is InChI=1S/C18H14FN5O2/c1-23-8-7-21-18(23)17(13-3-2-4-14(19)10-13)22-15-6-5-12(11-20)9-16(15)24(25)26/h2-10,17,22H,1H3/t17-/m0/s1. The van der Waals surface area contributed by atoms with Crippen LogP contribution in [-0.4, -0.2) is 14.5 Å². The van der Waals surface area contributed by atoms with Crippen LogP contribution in [0.25, 0.3) is 0 Å². The third-order valence-electron chi connectivity index (χ3n) is 3.92. The number of aromatic nitrogens is 2. The minimum absolute atomic E-state index is 0.182. The molecular formula is C18H14FN5O2. The summed E-state index contributed by atoms with van der Waals surface area (Å²) in [6.45, 7) is 0. The average Bonchev–Trinajstić information content (AvgIpc) is 3.05. The van der Waals surface area contributed by atoms with Gasteiger partial charge in [0.2, 0.25) is 0 Å². The maximum Gasteiger partial charge on any atom is 0.293 e. The maximum absolute atomic E-state index is 13.7. The molecule has 130 valence electrons. The number of halogens is 1. The van der Waals surface area contributed by atoms with Gasteiger partial charge in [0, 0.05) is 25.5 Å². The third kappa shape index (κ3) is 3.37. The van der Waals surface area contributed by atoms with Gasteiger partial charge in [0.1, 0.15) is 23.4 Å². The molecule has 1 N–H and O–H groups in total. The second-order valence-electron chi connectivity index (χ2n) is 5.63. The molecule has 26 heavy (non-hydrogen) atoms. The van der Waals surface area contributed by atoms with Crippen molar-refractivity contribution in [2.45, 2.75) is 6.04 Å². The fraction of sp³-hybridized carbons (Fsp3) is 0.111. The number of nitrogens with zero attached hydrogens (tertiary/aromatic N) is 4. The highest BCUT2D eigenvalue weighted by atomic mass is 19.1. The van der Waals surface area contributed by atoms with Gasteiger partial charge in [-0.15, -0.1) is 0 Å². The zero-order valence-corrected chi connectivity index (χ0v) is 13.8. The van der Waals surface area contributed by atoms with Gasteiger partial charge >= 0.3 is 0 Å². The minimum atomic E-state index is -0.614. The number of nitrogens with one attached hydrogen (secondary N) is 1. The van der Waals surface area contributed by atoms with E-state index in [9.17, 15) is 14.5 Å². The van der Waals surface area contributed by atoms with E-state index in [1.807, 2.05) is 6.07 Å². The largest absolute Gasteiger partial charge is 0.366 e. The van der Waals surface area contributed by atoms with Gasteiger partial charge in [0.05, 0.1) is 16.6 Å². The summed E-state index contributed by atoms with van der Waals surface area (Å²) in [7, 11) is 1.78. The fourth-order valence-electron chi connectivity index (χ4n) is 2.67. The zero-order chi connectivity index (χ0) is 18.7. The highest BCUT2D eigenvalue weighted by molar-refractivity contribution is 5.65. The monoisotopic (exact) mass is 351 g/mol. The van der Waals surface area contributed by atoms with Crippen LogP contribution in [0.5, 0.6) is 0 Å². The molecule has 0 bridgehead atoms. The first kappa shape index (κ1) is 17.1. The van der Waals surface area contributed by atoms with Gasteiger partial charge in [-0.25, -0.2) is 9.37 Å². The number of imidazole rings is 1. The summed E-state index contributed by atoms with van der Waals surface area (Å²) in [6, 6.07) is 11.4. The first-order chi connectivity index (χ1) is 12.5. The second-order valence-corrected chi connectivity index (χ2v) is 5.63. The molecule has 0 aliphatic heterocycles. The molecule has 0 aliphatic rings. The van der Waals surface area contributed by atoms with E-state index in [4.69, 9.17) is 5.26 Å². The minimum Gasteiger partial charge on any atom is -0.366 e. The van der Waals surface area contributed by atoms with Crippen molar-refractivity contribution in [1.29, 1.82) is 5.26 Å². The summed E-state index contributed by atoms with van der Waals surface area (Å²) in [6.07, 6.45) is 3.33. The molecule has 0 fully saturated rings. The van der Waals surface area contributed by atoms with Gasteiger partial charge < -0.3 is 9.88 Å². The van der Waals surface area contributed by atoms with E-state index in [2.05, 4.69) is 10.3 Å². The maximum atomic E-state index is 13.7. The van der Waals surface area contributed by atoms with Crippen molar-refractivity contribution in [1.82, 2.24) is 9.55 Å². The molecule has 1 aromatic heterocycles. The Morgan fingerprint density at radius 1 is 1.35 bits per heavy atom. The highest BCUT2D eigenvalue weighted by Crippen LogP contribution is 2.32. The Labute approximate surface area is 148 Å². The average molecular weight is 351 g/mol. The summed E-state index contributed by atoms with van der Waals surface area (Å²) in [5.74, 6) is 0.145. The molecule has 0 saturated carbocycles. The van der Waals surface area contributed by atoms with Crippen molar-refractivity contribution in [3.05, 3.63) is 87.7 Å². The van der Waals surface area contributed by atoms with Gasteiger partial charge in [-0.05, 0) is 29.8 Å². The third-order valence-corrected chi connectivity index (χ3v) is 3.92. The van der Waals surface area contributed by atoms with Crippen molar-refractivity contribution in [2.24, 2.45) is 7.05 Å². The van der Waals surface area contributed by atoms with Gasteiger partial charge in [-0.3, -0.25) is 10.1 Å². The summed E-state index contributed by atoms with van der Waals surface area (Å²) < 4.78 is 15.5. The van der Waals surface area contributed by atoms with Crippen molar-refractivity contribution < 1.29 is 9.31 Å². The van der Waals surface area contributed by atoms with Crippen LogP contribution >= 0.6 is 0 Å². The Morgan fingerprint density at radius 3 is 2.77 bits per heavy atom. The normalized spacial score (nSPS) is 11.6. The SMILES string of the molecule is Cn1ccnc1[C@@H](Nc1ccc(C#N)cc1[N+](=O)[O-])c1cccc(F)c1. The highest BCUT2D eigenvalue weighted by Gasteiger charge is 2.23.